The van der Waals surface area contributed by atoms with Crippen molar-refractivity contribution in [3.8, 4) is 11.4 Å². The minimum atomic E-state index is 0.175. The van der Waals surface area contributed by atoms with Crippen molar-refractivity contribution in [1.29, 1.82) is 0 Å². The monoisotopic (exact) mass is 284 g/mol. The molecule has 0 aromatic carbocycles. The van der Waals surface area contributed by atoms with Gasteiger partial charge < -0.3 is 4.90 Å². The molecule has 1 amide bonds. The number of nitrogens with zero attached hydrogens (tertiary/aromatic N) is 4. The molecule has 0 aliphatic carbocycles. The average Bonchev–Trinajstić information content (AvgIpc) is 3.08. The lowest BCUT2D eigenvalue weighted by Crippen LogP contribution is -2.26. The highest BCUT2D eigenvalue weighted by Crippen LogP contribution is 2.22. The summed E-state index contributed by atoms with van der Waals surface area (Å²) in [5, 5.41) is 4.19. The summed E-state index contributed by atoms with van der Waals surface area (Å²) in [6, 6.07) is 8.09. The Morgan fingerprint density at radius 3 is 2.90 bits per heavy atom. The lowest BCUT2D eigenvalue weighted by atomic mass is 10.0. The summed E-state index contributed by atoms with van der Waals surface area (Å²) in [5.41, 5.74) is 3.06. The van der Waals surface area contributed by atoms with Crippen LogP contribution in [0.1, 0.15) is 19.0 Å². The molecule has 0 saturated carbocycles. The summed E-state index contributed by atoms with van der Waals surface area (Å²) < 4.78 is 1.83. The number of aryl methyl sites for hydroxylation is 1. The first-order chi connectivity index (χ1) is 10.1. The molecule has 110 valence electrons. The first kappa shape index (κ1) is 13.8. The van der Waals surface area contributed by atoms with Gasteiger partial charge >= 0.3 is 0 Å². The van der Waals surface area contributed by atoms with E-state index in [0.29, 0.717) is 5.92 Å². The molecule has 0 spiro atoms. The van der Waals surface area contributed by atoms with Gasteiger partial charge in [0.2, 0.25) is 5.91 Å². The predicted octanol–water partition coefficient (Wildman–Crippen LogP) is 1.89. The molecule has 0 bridgehead atoms. The van der Waals surface area contributed by atoms with Gasteiger partial charge in [0, 0.05) is 39.0 Å². The second-order valence-electron chi connectivity index (χ2n) is 5.68. The van der Waals surface area contributed by atoms with E-state index >= 15 is 0 Å². The number of carbonyl (C=O) groups is 1. The van der Waals surface area contributed by atoms with E-state index in [2.05, 4.69) is 11.2 Å². The summed E-state index contributed by atoms with van der Waals surface area (Å²) in [6.45, 7) is 3.37. The Balaban J connectivity index is 1.73. The number of aromatic nitrogens is 3. The Kier molecular flexibility index (Phi) is 3.73. The van der Waals surface area contributed by atoms with Crippen LogP contribution in [0.15, 0.2) is 30.5 Å². The first-order valence-corrected chi connectivity index (χ1v) is 7.33. The highest BCUT2D eigenvalue weighted by molar-refractivity contribution is 5.73. The molecule has 1 atom stereocenters. The van der Waals surface area contributed by atoms with Crippen molar-refractivity contribution in [3.05, 3.63) is 36.2 Å². The number of rotatable bonds is 3. The van der Waals surface area contributed by atoms with Crippen molar-refractivity contribution >= 4 is 5.91 Å². The Morgan fingerprint density at radius 1 is 1.38 bits per heavy atom. The van der Waals surface area contributed by atoms with Gasteiger partial charge in [-0.15, -0.1) is 0 Å². The molecule has 0 radical (unpaired) electrons. The highest BCUT2D eigenvalue weighted by atomic mass is 16.2. The Morgan fingerprint density at radius 2 is 2.24 bits per heavy atom. The second-order valence-corrected chi connectivity index (χ2v) is 5.68. The third kappa shape index (κ3) is 2.96. The van der Waals surface area contributed by atoms with E-state index in [-0.39, 0.29) is 5.91 Å². The molecular formula is C16H20N4O. The minimum absolute atomic E-state index is 0.175. The number of likely N-dealkylation sites (tertiary alicyclic amines) is 1. The molecule has 5 nitrogen and oxygen atoms in total. The summed E-state index contributed by atoms with van der Waals surface area (Å²) in [6.07, 6.45) is 3.78. The number of carbonyl (C=O) groups excluding carboxylic acids is 1. The second kappa shape index (κ2) is 5.68. The largest absolute Gasteiger partial charge is 0.343 e. The van der Waals surface area contributed by atoms with Gasteiger partial charge in [-0.25, -0.2) is 0 Å². The number of pyridine rings is 1. The van der Waals surface area contributed by atoms with Crippen LogP contribution >= 0.6 is 0 Å². The van der Waals surface area contributed by atoms with Gasteiger partial charge in [-0.05, 0) is 37.0 Å². The van der Waals surface area contributed by atoms with Crippen molar-refractivity contribution in [2.75, 3.05) is 13.1 Å². The first-order valence-electron chi connectivity index (χ1n) is 7.33. The SMILES string of the molecule is CC(=O)N1CCC(Cc2cccc(-c3ccnn3C)n2)C1. The fourth-order valence-electron chi connectivity index (χ4n) is 2.94. The lowest BCUT2D eigenvalue weighted by molar-refractivity contribution is -0.127. The molecule has 1 saturated heterocycles. The molecule has 21 heavy (non-hydrogen) atoms. The zero-order chi connectivity index (χ0) is 14.8. The molecule has 3 rings (SSSR count). The van der Waals surface area contributed by atoms with Gasteiger partial charge in [-0.2, -0.15) is 5.10 Å². The van der Waals surface area contributed by atoms with E-state index in [0.717, 1.165) is 43.0 Å². The van der Waals surface area contributed by atoms with Gasteiger partial charge in [0.1, 0.15) is 0 Å². The summed E-state index contributed by atoms with van der Waals surface area (Å²) in [7, 11) is 1.92. The Hall–Kier alpha value is -2.17. The molecule has 1 aliphatic heterocycles. The maximum absolute atomic E-state index is 11.4. The average molecular weight is 284 g/mol. The van der Waals surface area contributed by atoms with Crippen LogP contribution in [0.25, 0.3) is 11.4 Å². The number of hydrogen-bond acceptors (Lipinski definition) is 3. The van der Waals surface area contributed by atoms with Gasteiger partial charge in [-0.3, -0.25) is 14.5 Å². The summed E-state index contributed by atoms with van der Waals surface area (Å²) >= 11 is 0. The quantitative estimate of drug-likeness (QED) is 0.865. The van der Waals surface area contributed by atoms with Crippen LogP contribution in [0, 0.1) is 5.92 Å². The van der Waals surface area contributed by atoms with Crippen molar-refractivity contribution in [2.45, 2.75) is 19.8 Å². The van der Waals surface area contributed by atoms with E-state index < -0.39 is 0 Å². The fraction of sp³-hybridized carbons (Fsp3) is 0.438. The third-order valence-corrected chi connectivity index (χ3v) is 4.12. The number of hydrogen-bond donors (Lipinski definition) is 0. The van der Waals surface area contributed by atoms with Crippen molar-refractivity contribution < 1.29 is 4.79 Å². The molecule has 1 unspecified atom stereocenters. The minimum Gasteiger partial charge on any atom is -0.343 e. The van der Waals surface area contributed by atoms with E-state index in [1.54, 1.807) is 13.1 Å². The highest BCUT2D eigenvalue weighted by Gasteiger charge is 2.24. The Labute approximate surface area is 124 Å². The van der Waals surface area contributed by atoms with E-state index in [1.165, 1.54) is 0 Å². The molecular weight excluding hydrogens is 264 g/mol. The van der Waals surface area contributed by atoms with Gasteiger partial charge in [0.25, 0.3) is 0 Å². The summed E-state index contributed by atoms with van der Waals surface area (Å²) in [5.74, 6) is 0.692. The van der Waals surface area contributed by atoms with Crippen LogP contribution in [0.3, 0.4) is 0 Å². The van der Waals surface area contributed by atoms with Crippen LogP contribution in [-0.2, 0) is 18.3 Å². The van der Waals surface area contributed by atoms with Crippen molar-refractivity contribution in [1.82, 2.24) is 19.7 Å². The van der Waals surface area contributed by atoms with E-state index in [1.807, 2.05) is 34.8 Å². The maximum Gasteiger partial charge on any atom is 0.219 e. The normalized spacial score (nSPS) is 18.2. The van der Waals surface area contributed by atoms with Crippen LogP contribution in [0.4, 0.5) is 0 Å². The molecule has 1 fully saturated rings. The van der Waals surface area contributed by atoms with Crippen LogP contribution in [0.5, 0.6) is 0 Å². The molecule has 5 heteroatoms. The van der Waals surface area contributed by atoms with E-state index in [9.17, 15) is 4.79 Å². The predicted molar refractivity (Wildman–Crippen MR) is 80.5 cm³/mol. The maximum atomic E-state index is 11.4. The van der Waals surface area contributed by atoms with Gasteiger partial charge in [0.05, 0.1) is 11.4 Å². The van der Waals surface area contributed by atoms with Crippen LogP contribution in [0.2, 0.25) is 0 Å². The number of amides is 1. The topological polar surface area (TPSA) is 51.0 Å². The fourth-order valence-corrected chi connectivity index (χ4v) is 2.94. The molecule has 3 heterocycles. The Bertz CT molecular complexity index is 649. The zero-order valence-corrected chi connectivity index (χ0v) is 12.5. The third-order valence-electron chi connectivity index (χ3n) is 4.12. The van der Waals surface area contributed by atoms with E-state index in [4.69, 9.17) is 4.98 Å². The van der Waals surface area contributed by atoms with Gasteiger partial charge in [-0.1, -0.05) is 6.07 Å². The summed E-state index contributed by atoms with van der Waals surface area (Å²) in [4.78, 5) is 18.1. The molecule has 1 aliphatic rings. The van der Waals surface area contributed by atoms with Crippen LogP contribution in [-0.4, -0.2) is 38.7 Å². The zero-order valence-electron chi connectivity index (χ0n) is 12.5. The molecule has 2 aromatic heterocycles. The van der Waals surface area contributed by atoms with Crippen LogP contribution < -0.4 is 0 Å². The van der Waals surface area contributed by atoms with Crippen molar-refractivity contribution in [3.63, 3.8) is 0 Å². The molecule has 2 aromatic rings. The lowest BCUT2D eigenvalue weighted by Gasteiger charge is -2.14. The smallest absolute Gasteiger partial charge is 0.219 e. The van der Waals surface area contributed by atoms with Gasteiger partial charge in [0.15, 0.2) is 0 Å². The molecule has 0 N–H and O–H groups in total. The standard InChI is InChI=1S/C16H20N4O/c1-12(21)20-9-7-13(11-20)10-14-4-3-5-15(18-14)16-6-8-17-19(16)2/h3-6,8,13H,7,9-11H2,1-2H3. The van der Waals surface area contributed by atoms with Crippen molar-refractivity contribution in [2.24, 2.45) is 13.0 Å².